The van der Waals surface area contributed by atoms with Gasteiger partial charge in [-0.2, -0.15) is 0 Å². The standard InChI is InChI=1S/C23H36O6Si/c1-8-14-25-22-20(29-30(6,7)23(2,3)4)19(24-5)18-17(27-22)15-26-21(28-18)16-12-10-9-11-13-16/h8-13,17-22H,1,14-15H2,2-7H3/t17-,18-,19-,20+,21-,22+/m1/s1. The number of fused-ring (bicyclic) bond motifs is 1. The van der Waals surface area contributed by atoms with Crippen molar-refractivity contribution in [3.8, 4) is 0 Å². The highest BCUT2D eigenvalue weighted by atomic mass is 28.4. The summed E-state index contributed by atoms with van der Waals surface area (Å²) in [5.74, 6) is 0. The Labute approximate surface area is 181 Å². The van der Waals surface area contributed by atoms with E-state index in [1.165, 1.54) is 0 Å². The Bertz CT molecular complexity index is 689. The number of benzene rings is 1. The van der Waals surface area contributed by atoms with Gasteiger partial charge in [-0.15, -0.1) is 6.58 Å². The zero-order chi connectivity index (χ0) is 21.9. The van der Waals surface area contributed by atoms with Crippen LogP contribution in [0, 0.1) is 0 Å². The first-order chi connectivity index (χ1) is 14.2. The monoisotopic (exact) mass is 436 g/mol. The first kappa shape index (κ1) is 23.6. The van der Waals surface area contributed by atoms with Crippen molar-refractivity contribution in [1.82, 2.24) is 0 Å². The van der Waals surface area contributed by atoms with Gasteiger partial charge in [-0.1, -0.05) is 57.2 Å². The van der Waals surface area contributed by atoms with Crippen LogP contribution in [0.2, 0.25) is 18.1 Å². The molecule has 7 heteroatoms. The first-order valence-corrected chi connectivity index (χ1v) is 13.5. The smallest absolute Gasteiger partial charge is 0.192 e. The van der Waals surface area contributed by atoms with Crippen LogP contribution in [0.15, 0.2) is 43.0 Å². The predicted octanol–water partition coefficient (Wildman–Crippen LogP) is 4.43. The molecule has 6 atom stereocenters. The highest BCUT2D eigenvalue weighted by Crippen LogP contribution is 2.42. The zero-order valence-electron chi connectivity index (χ0n) is 19.0. The first-order valence-electron chi connectivity index (χ1n) is 10.6. The fourth-order valence-corrected chi connectivity index (χ4v) is 4.81. The van der Waals surface area contributed by atoms with Gasteiger partial charge in [0.2, 0.25) is 0 Å². The molecule has 2 aliphatic rings. The third kappa shape index (κ3) is 5.04. The fraction of sp³-hybridized carbons (Fsp3) is 0.652. The van der Waals surface area contributed by atoms with Crippen molar-refractivity contribution in [2.75, 3.05) is 20.3 Å². The molecule has 168 valence electrons. The summed E-state index contributed by atoms with van der Waals surface area (Å²) in [5.41, 5.74) is 0.970. The van der Waals surface area contributed by atoms with Gasteiger partial charge in [0.25, 0.3) is 0 Å². The van der Waals surface area contributed by atoms with E-state index in [0.29, 0.717) is 13.2 Å². The molecule has 0 aromatic heterocycles. The SMILES string of the molecule is C=CCO[C@H]1O[C@@H]2CO[C@@H](c3ccccc3)O[C@H]2[C@@H](OC)[C@@H]1O[Si](C)(C)C(C)(C)C. The molecule has 1 aromatic carbocycles. The molecule has 0 unspecified atom stereocenters. The summed E-state index contributed by atoms with van der Waals surface area (Å²) in [6.45, 7) is 15.6. The molecule has 0 bridgehead atoms. The summed E-state index contributed by atoms with van der Waals surface area (Å²) in [6, 6.07) is 9.91. The maximum absolute atomic E-state index is 6.76. The van der Waals surface area contributed by atoms with Crippen LogP contribution in [0.5, 0.6) is 0 Å². The van der Waals surface area contributed by atoms with Crippen LogP contribution >= 0.6 is 0 Å². The maximum Gasteiger partial charge on any atom is 0.192 e. The molecule has 0 saturated carbocycles. The molecule has 2 heterocycles. The normalized spacial score (nSPS) is 32.5. The summed E-state index contributed by atoms with van der Waals surface area (Å²) < 4.78 is 37.3. The van der Waals surface area contributed by atoms with Crippen LogP contribution in [0.1, 0.15) is 32.6 Å². The van der Waals surface area contributed by atoms with Gasteiger partial charge >= 0.3 is 0 Å². The van der Waals surface area contributed by atoms with Gasteiger partial charge in [-0.3, -0.25) is 0 Å². The molecular weight excluding hydrogens is 400 g/mol. The second-order valence-corrected chi connectivity index (χ2v) is 14.1. The van der Waals surface area contributed by atoms with Gasteiger partial charge < -0.3 is 28.1 Å². The third-order valence-electron chi connectivity index (χ3n) is 6.24. The Morgan fingerprint density at radius 1 is 1.13 bits per heavy atom. The lowest BCUT2D eigenvalue weighted by atomic mass is 9.97. The molecule has 0 spiro atoms. The summed E-state index contributed by atoms with van der Waals surface area (Å²) in [4.78, 5) is 0. The van der Waals surface area contributed by atoms with Crippen LogP contribution in [0.25, 0.3) is 0 Å². The molecule has 0 N–H and O–H groups in total. The lowest BCUT2D eigenvalue weighted by molar-refractivity contribution is -0.360. The zero-order valence-corrected chi connectivity index (χ0v) is 20.0. The van der Waals surface area contributed by atoms with Crippen LogP contribution in [-0.2, 0) is 28.1 Å². The van der Waals surface area contributed by atoms with Gasteiger partial charge in [-0.05, 0) is 18.1 Å². The number of hydrogen-bond donors (Lipinski definition) is 0. The fourth-order valence-electron chi connectivity index (χ4n) is 3.53. The molecule has 30 heavy (non-hydrogen) atoms. The minimum Gasteiger partial charge on any atom is -0.406 e. The molecule has 0 amide bonds. The summed E-state index contributed by atoms with van der Waals surface area (Å²) in [6.07, 6.45) is -0.720. The lowest BCUT2D eigenvalue weighted by Gasteiger charge is -2.51. The van der Waals surface area contributed by atoms with Gasteiger partial charge in [0.15, 0.2) is 20.9 Å². The molecule has 0 aliphatic carbocycles. The average Bonchev–Trinajstić information content (AvgIpc) is 2.71. The van der Waals surface area contributed by atoms with E-state index in [1.54, 1.807) is 13.2 Å². The van der Waals surface area contributed by atoms with E-state index in [4.69, 9.17) is 28.1 Å². The van der Waals surface area contributed by atoms with Crippen molar-refractivity contribution in [2.45, 2.75) is 75.9 Å². The van der Waals surface area contributed by atoms with Crippen molar-refractivity contribution in [1.29, 1.82) is 0 Å². The highest BCUT2D eigenvalue weighted by molar-refractivity contribution is 6.74. The molecule has 3 rings (SSSR count). The van der Waals surface area contributed by atoms with E-state index in [2.05, 4.69) is 40.4 Å². The Morgan fingerprint density at radius 2 is 1.83 bits per heavy atom. The summed E-state index contributed by atoms with van der Waals surface area (Å²) in [7, 11) is -0.431. The Hall–Kier alpha value is -1.06. The molecule has 6 nitrogen and oxygen atoms in total. The van der Waals surface area contributed by atoms with Gasteiger partial charge in [0, 0.05) is 12.7 Å². The third-order valence-corrected chi connectivity index (χ3v) is 10.7. The Morgan fingerprint density at radius 3 is 2.43 bits per heavy atom. The van der Waals surface area contributed by atoms with E-state index in [0.717, 1.165) is 5.56 Å². The number of ether oxygens (including phenoxy) is 5. The van der Waals surface area contributed by atoms with Crippen molar-refractivity contribution < 1.29 is 28.1 Å². The number of rotatable bonds is 7. The largest absolute Gasteiger partial charge is 0.406 e. The topological polar surface area (TPSA) is 55.4 Å². The van der Waals surface area contributed by atoms with Crippen LogP contribution in [0.4, 0.5) is 0 Å². The molecule has 2 fully saturated rings. The van der Waals surface area contributed by atoms with E-state index >= 15 is 0 Å². The van der Waals surface area contributed by atoms with Gasteiger partial charge in [0.05, 0.1) is 13.2 Å². The highest BCUT2D eigenvalue weighted by Gasteiger charge is 2.54. The van der Waals surface area contributed by atoms with Crippen molar-refractivity contribution in [3.63, 3.8) is 0 Å². The average molecular weight is 437 g/mol. The minimum atomic E-state index is -2.12. The number of methoxy groups -OCH3 is 1. The van der Waals surface area contributed by atoms with Crippen LogP contribution in [-0.4, -0.2) is 59.3 Å². The molecule has 0 radical (unpaired) electrons. The quantitative estimate of drug-likeness (QED) is 0.465. The predicted molar refractivity (Wildman–Crippen MR) is 118 cm³/mol. The van der Waals surface area contributed by atoms with E-state index in [1.807, 2.05) is 30.3 Å². The summed E-state index contributed by atoms with van der Waals surface area (Å²) >= 11 is 0. The summed E-state index contributed by atoms with van der Waals surface area (Å²) in [5, 5.41) is 0.0359. The molecule has 2 aliphatic heterocycles. The van der Waals surface area contributed by atoms with Crippen LogP contribution < -0.4 is 0 Å². The van der Waals surface area contributed by atoms with Crippen molar-refractivity contribution in [3.05, 3.63) is 48.6 Å². The number of hydrogen-bond acceptors (Lipinski definition) is 6. The maximum atomic E-state index is 6.76. The van der Waals surface area contributed by atoms with Gasteiger partial charge in [-0.25, -0.2) is 0 Å². The second-order valence-electron chi connectivity index (χ2n) is 9.38. The lowest BCUT2D eigenvalue weighted by Crippen LogP contribution is -2.65. The molecular formula is C23H36O6Si. The van der Waals surface area contributed by atoms with E-state index in [9.17, 15) is 0 Å². The Kier molecular flexibility index (Phi) is 7.56. The van der Waals surface area contributed by atoms with Crippen molar-refractivity contribution in [2.24, 2.45) is 0 Å². The minimum absolute atomic E-state index is 0.0359. The van der Waals surface area contributed by atoms with Crippen LogP contribution in [0.3, 0.4) is 0 Å². The van der Waals surface area contributed by atoms with E-state index in [-0.39, 0.29) is 23.4 Å². The van der Waals surface area contributed by atoms with Crippen molar-refractivity contribution >= 4 is 8.32 Å². The second kappa shape index (κ2) is 9.61. The molecule has 1 aromatic rings. The Balaban J connectivity index is 1.85. The van der Waals surface area contributed by atoms with Gasteiger partial charge in [0.1, 0.15) is 24.4 Å². The molecule has 2 saturated heterocycles. The van der Waals surface area contributed by atoms with E-state index < -0.39 is 27.0 Å².